The number of aliphatic carboxylic acids is 1. The van der Waals surface area contributed by atoms with Gasteiger partial charge in [0.05, 0.1) is 5.57 Å². The van der Waals surface area contributed by atoms with Gasteiger partial charge in [-0.25, -0.2) is 9.59 Å². The van der Waals surface area contributed by atoms with Crippen molar-refractivity contribution in [2.75, 3.05) is 6.54 Å². The van der Waals surface area contributed by atoms with E-state index in [4.69, 9.17) is 5.11 Å². The van der Waals surface area contributed by atoms with Gasteiger partial charge in [0.2, 0.25) is 0 Å². The number of nitrogens with one attached hydrogen (secondary N) is 1. The number of hydrogen-bond acceptors (Lipinski definition) is 5. The first-order chi connectivity index (χ1) is 8.15. The molecule has 92 valence electrons. The van der Waals surface area contributed by atoms with Gasteiger partial charge in [-0.15, -0.1) is 11.3 Å². The van der Waals surface area contributed by atoms with E-state index in [1.165, 1.54) is 11.3 Å². The number of carboxylic acid groups (broad SMARTS) is 1. The zero-order chi connectivity index (χ0) is 12.7. The number of rotatable bonds is 6. The zero-order valence-electron chi connectivity index (χ0n) is 9.30. The van der Waals surface area contributed by atoms with Crippen molar-refractivity contribution < 1.29 is 19.5 Å². The Kier molecular flexibility index (Phi) is 5.38. The van der Waals surface area contributed by atoms with Crippen LogP contribution in [0, 0.1) is 0 Å². The fourth-order valence-electron chi connectivity index (χ4n) is 1.04. The molecule has 6 heteroatoms. The third-order valence-corrected chi connectivity index (χ3v) is 2.71. The summed E-state index contributed by atoms with van der Waals surface area (Å²) in [6.45, 7) is 2.45. The minimum atomic E-state index is -1.15. The maximum absolute atomic E-state index is 11.3. The maximum Gasteiger partial charge on any atom is 0.350 e. The molecule has 17 heavy (non-hydrogen) atoms. The Morgan fingerprint density at radius 3 is 2.88 bits per heavy atom. The summed E-state index contributed by atoms with van der Waals surface area (Å²) in [5.74, 6) is -1.87. The van der Waals surface area contributed by atoms with Gasteiger partial charge in [0.25, 0.3) is 0 Å². The molecule has 0 aromatic carbocycles. The summed E-state index contributed by atoms with van der Waals surface area (Å²) in [5.41, 5.74) is 2.37. The molecule has 0 saturated heterocycles. The summed E-state index contributed by atoms with van der Waals surface area (Å²) < 4.78 is 0. The van der Waals surface area contributed by atoms with E-state index < -0.39 is 11.9 Å². The van der Waals surface area contributed by atoms with Crippen molar-refractivity contribution in [3.8, 4) is 0 Å². The standard InChI is InChI=1S/C11H13NO4S/c1-2-5-12-16-10(13)7-8(11(14)15)9-4-3-6-17-9/h3-4,6-7,12H,2,5H2,1H3,(H,14,15)/b8-7-. The lowest BCUT2D eigenvalue weighted by atomic mass is 10.2. The van der Waals surface area contributed by atoms with Crippen LogP contribution in [0.15, 0.2) is 23.6 Å². The molecule has 1 aromatic rings. The summed E-state index contributed by atoms with van der Waals surface area (Å²) in [5, 5.41) is 10.7. The van der Waals surface area contributed by atoms with E-state index in [0.717, 1.165) is 12.5 Å². The Labute approximate surface area is 103 Å². The van der Waals surface area contributed by atoms with E-state index in [9.17, 15) is 9.59 Å². The predicted octanol–water partition coefficient (Wildman–Crippen LogP) is 1.67. The van der Waals surface area contributed by atoms with Crippen LogP contribution in [-0.4, -0.2) is 23.6 Å². The number of carboxylic acids is 1. The van der Waals surface area contributed by atoms with Crippen LogP contribution in [-0.2, 0) is 14.4 Å². The van der Waals surface area contributed by atoms with Crippen LogP contribution in [0.1, 0.15) is 18.2 Å². The van der Waals surface area contributed by atoms with Crippen LogP contribution < -0.4 is 5.48 Å². The first-order valence-electron chi connectivity index (χ1n) is 5.07. The lowest BCUT2D eigenvalue weighted by Gasteiger charge is -2.02. The van der Waals surface area contributed by atoms with E-state index in [1.54, 1.807) is 17.5 Å². The highest BCUT2D eigenvalue weighted by Crippen LogP contribution is 2.20. The third-order valence-electron chi connectivity index (χ3n) is 1.80. The Morgan fingerprint density at radius 2 is 2.35 bits per heavy atom. The van der Waals surface area contributed by atoms with Crippen LogP contribution >= 0.6 is 11.3 Å². The normalized spacial score (nSPS) is 11.2. The van der Waals surface area contributed by atoms with Gasteiger partial charge >= 0.3 is 11.9 Å². The molecule has 0 aliphatic heterocycles. The van der Waals surface area contributed by atoms with Gasteiger partial charge in [-0.2, -0.15) is 5.48 Å². The van der Waals surface area contributed by atoms with Crippen molar-refractivity contribution in [2.24, 2.45) is 0 Å². The van der Waals surface area contributed by atoms with E-state index in [-0.39, 0.29) is 5.57 Å². The van der Waals surface area contributed by atoms with Crippen molar-refractivity contribution in [3.05, 3.63) is 28.5 Å². The maximum atomic E-state index is 11.3. The highest BCUT2D eigenvalue weighted by Gasteiger charge is 2.14. The van der Waals surface area contributed by atoms with Crippen molar-refractivity contribution >= 4 is 28.8 Å². The highest BCUT2D eigenvalue weighted by molar-refractivity contribution is 7.11. The van der Waals surface area contributed by atoms with Crippen LogP contribution in [0.4, 0.5) is 0 Å². The Balaban J connectivity index is 2.71. The second-order valence-electron chi connectivity index (χ2n) is 3.16. The molecule has 0 atom stereocenters. The number of carbonyl (C=O) groups excluding carboxylic acids is 1. The van der Waals surface area contributed by atoms with Crippen molar-refractivity contribution in [1.29, 1.82) is 0 Å². The van der Waals surface area contributed by atoms with E-state index >= 15 is 0 Å². The molecule has 1 rings (SSSR count). The van der Waals surface area contributed by atoms with Gasteiger partial charge in [-0.1, -0.05) is 13.0 Å². The monoisotopic (exact) mass is 255 g/mol. The van der Waals surface area contributed by atoms with Crippen LogP contribution in [0.3, 0.4) is 0 Å². The molecular formula is C11H13NO4S. The van der Waals surface area contributed by atoms with Crippen molar-refractivity contribution in [3.63, 3.8) is 0 Å². The number of carbonyl (C=O) groups is 2. The second kappa shape index (κ2) is 6.82. The molecule has 1 aromatic heterocycles. The molecule has 0 aliphatic carbocycles. The summed E-state index contributed by atoms with van der Waals surface area (Å²) in [6.07, 6.45) is 1.78. The summed E-state index contributed by atoms with van der Waals surface area (Å²) in [6, 6.07) is 3.36. The molecule has 0 radical (unpaired) electrons. The number of thiophene rings is 1. The molecular weight excluding hydrogens is 242 g/mol. The first kappa shape index (κ1) is 13.4. The summed E-state index contributed by atoms with van der Waals surface area (Å²) >= 11 is 1.25. The Bertz CT molecular complexity index is 411. The third kappa shape index (κ3) is 4.38. The molecule has 0 unspecified atom stereocenters. The largest absolute Gasteiger partial charge is 0.478 e. The molecule has 0 saturated carbocycles. The van der Waals surface area contributed by atoms with Gasteiger partial charge in [-0.05, 0) is 17.9 Å². The first-order valence-corrected chi connectivity index (χ1v) is 5.95. The molecule has 0 fully saturated rings. The predicted molar refractivity (Wildman–Crippen MR) is 64.3 cm³/mol. The topological polar surface area (TPSA) is 75.6 Å². The van der Waals surface area contributed by atoms with Gasteiger partial charge in [0, 0.05) is 17.5 Å². The fraction of sp³-hybridized carbons (Fsp3) is 0.273. The summed E-state index contributed by atoms with van der Waals surface area (Å²) in [4.78, 5) is 27.4. The molecule has 0 bridgehead atoms. The van der Waals surface area contributed by atoms with Crippen LogP contribution in [0.5, 0.6) is 0 Å². The Hall–Kier alpha value is -1.66. The quantitative estimate of drug-likeness (QED) is 0.459. The van der Waals surface area contributed by atoms with Gasteiger partial charge in [0.15, 0.2) is 0 Å². The molecule has 5 nitrogen and oxygen atoms in total. The lowest BCUT2D eigenvalue weighted by Crippen LogP contribution is -2.19. The molecule has 1 heterocycles. The number of hydroxylamine groups is 1. The van der Waals surface area contributed by atoms with Crippen molar-refractivity contribution in [2.45, 2.75) is 13.3 Å². The average molecular weight is 255 g/mol. The van der Waals surface area contributed by atoms with Crippen LogP contribution in [0.2, 0.25) is 0 Å². The summed E-state index contributed by atoms with van der Waals surface area (Å²) in [7, 11) is 0. The average Bonchev–Trinajstić information content (AvgIpc) is 2.79. The fourth-order valence-corrected chi connectivity index (χ4v) is 1.78. The lowest BCUT2D eigenvalue weighted by molar-refractivity contribution is -0.145. The molecule has 0 spiro atoms. The highest BCUT2D eigenvalue weighted by atomic mass is 32.1. The second-order valence-corrected chi connectivity index (χ2v) is 4.10. The SMILES string of the molecule is CCCNOC(=O)/C=C(\C(=O)O)c1cccs1. The van der Waals surface area contributed by atoms with E-state index in [0.29, 0.717) is 11.4 Å². The molecule has 2 N–H and O–H groups in total. The molecule has 0 amide bonds. The minimum Gasteiger partial charge on any atom is -0.478 e. The van der Waals surface area contributed by atoms with Gasteiger partial charge < -0.3 is 9.94 Å². The van der Waals surface area contributed by atoms with Gasteiger partial charge in [0.1, 0.15) is 0 Å². The minimum absolute atomic E-state index is 0.0664. The number of hydrogen-bond donors (Lipinski definition) is 2. The molecule has 0 aliphatic rings. The van der Waals surface area contributed by atoms with E-state index in [2.05, 4.69) is 10.3 Å². The van der Waals surface area contributed by atoms with Crippen molar-refractivity contribution in [1.82, 2.24) is 5.48 Å². The van der Waals surface area contributed by atoms with Gasteiger partial charge in [-0.3, -0.25) is 0 Å². The van der Waals surface area contributed by atoms with Crippen LogP contribution in [0.25, 0.3) is 5.57 Å². The zero-order valence-corrected chi connectivity index (χ0v) is 10.1. The Morgan fingerprint density at radius 1 is 1.59 bits per heavy atom. The smallest absolute Gasteiger partial charge is 0.350 e. The van der Waals surface area contributed by atoms with E-state index in [1.807, 2.05) is 6.92 Å².